The van der Waals surface area contributed by atoms with Crippen LogP contribution in [0.3, 0.4) is 0 Å². The molecule has 0 saturated heterocycles. The van der Waals surface area contributed by atoms with Crippen LogP contribution in [0.25, 0.3) is 0 Å². The maximum Gasteiger partial charge on any atom is 0.241 e. The number of sulfonamides is 1. The van der Waals surface area contributed by atoms with Gasteiger partial charge in [0.15, 0.2) is 0 Å². The molecule has 0 aromatic carbocycles. The normalized spacial score (nSPS) is 13.5. The predicted octanol–water partition coefficient (Wildman–Crippen LogP) is 2.79. The standard InChI is InChI=1S/C15H23N3O2S2/c1-10(9-18-12(3)6-11(2)17-18)8-16-22(19,20)15-7-13(4)21-14(15)5/h6-7,10,16H,8-9H2,1-5H3. The van der Waals surface area contributed by atoms with E-state index in [4.69, 9.17) is 0 Å². The molecule has 0 aliphatic carbocycles. The van der Waals surface area contributed by atoms with Crippen LogP contribution in [-0.2, 0) is 16.6 Å². The molecule has 7 heteroatoms. The summed E-state index contributed by atoms with van der Waals surface area (Å²) in [6, 6.07) is 3.75. The van der Waals surface area contributed by atoms with Crippen LogP contribution in [0.1, 0.15) is 28.1 Å². The Morgan fingerprint density at radius 3 is 2.45 bits per heavy atom. The van der Waals surface area contributed by atoms with E-state index < -0.39 is 10.0 Å². The van der Waals surface area contributed by atoms with Gasteiger partial charge in [0.2, 0.25) is 10.0 Å². The number of nitrogens with one attached hydrogen (secondary N) is 1. The van der Waals surface area contributed by atoms with Gasteiger partial charge in [-0.05, 0) is 45.7 Å². The molecule has 122 valence electrons. The van der Waals surface area contributed by atoms with E-state index in [0.29, 0.717) is 18.0 Å². The molecule has 0 fully saturated rings. The van der Waals surface area contributed by atoms with E-state index in [0.717, 1.165) is 21.1 Å². The van der Waals surface area contributed by atoms with Crippen LogP contribution in [0.15, 0.2) is 17.0 Å². The number of aryl methyl sites for hydroxylation is 4. The van der Waals surface area contributed by atoms with E-state index in [1.54, 1.807) is 6.07 Å². The van der Waals surface area contributed by atoms with Gasteiger partial charge in [-0.2, -0.15) is 5.10 Å². The Labute approximate surface area is 136 Å². The van der Waals surface area contributed by atoms with Crippen molar-refractivity contribution in [2.24, 2.45) is 5.92 Å². The molecule has 0 radical (unpaired) electrons. The molecule has 0 spiro atoms. The number of thiophene rings is 1. The van der Waals surface area contributed by atoms with Crippen molar-refractivity contribution in [3.05, 3.63) is 33.3 Å². The Balaban J connectivity index is 2.00. The lowest BCUT2D eigenvalue weighted by molar-refractivity contribution is 0.436. The zero-order valence-electron chi connectivity index (χ0n) is 13.7. The fourth-order valence-corrected chi connectivity index (χ4v) is 5.14. The first-order valence-electron chi connectivity index (χ1n) is 7.27. The minimum atomic E-state index is -3.43. The maximum atomic E-state index is 12.4. The third kappa shape index (κ3) is 3.97. The van der Waals surface area contributed by atoms with Crippen molar-refractivity contribution >= 4 is 21.4 Å². The van der Waals surface area contributed by atoms with Gasteiger partial charge in [0.25, 0.3) is 0 Å². The number of aromatic nitrogens is 2. The lowest BCUT2D eigenvalue weighted by Crippen LogP contribution is -2.30. The van der Waals surface area contributed by atoms with Gasteiger partial charge in [0.1, 0.15) is 0 Å². The smallest absolute Gasteiger partial charge is 0.241 e. The third-order valence-corrected chi connectivity index (χ3v) is 6.14. The molecule has 5 nitrogen and oxygen atoms in total. The first-order valence-corrected chi connectivity index (χ1v) is 9.57. The van der Waals surface area contributed by atoms with Gasteiger partial charge >= 0.3 is 0 Å². The summed E-state index contributed by atoms with van der Waals surface area (Å²) in [7, 11) is -3.43. The molecular weight excluding hydrogens is 318 g/mol. The molecule has 2 rings (SSSR count). The minimum Gasteiger partial charge on any atom is -0.269 e. The highest BCUT2D eigenvalue weighted by molar-refractivity contribution is 7.89. The van der Waals surface area contributed by atoms with Crippen LogP contribution in [0.4, 0.5) is 0 Å². The van der Waals surface area contributed by atoms with Crippen LogP contribution in [0.5, 0.6) is 0 Å². The van der Waals surface area contributed by atoms with Gasteiger partial charge in [-0.3, -0.25) is 4.68 Å². The van der Waals surface area contributed by atoms with Crippen LogP contribution in [0, 0.1) is 33.6 Å². The number of nitrogens with zero attached hydrogens (tertiary/aromatic N) is 2. The lowest BCUT2D eigenvalue weighted by Gasteiger charge is -2.14. The Morgan fingerprint density at radius 1 is 1.27 bits per heavy atom. The second-order valence-electron chi connectivity index (χ2n) is 5.84. The van der Waals surface area contributed by atoms with Gasteiger partial charge in [0, 0.05) is 28.5 Å². The maximum absolute atomic E-state index is 12.4. The molecule has 22 heavy (non-hydrogen) atoms. The summed E-state index contributed by atoms with van der Waals surface area (Å²) in [5.41, 5.74) is 2.08. The monoisotopic (exact) mass is 341 g/mol. The quantitative estimate of drug-likeness (QED) is 0.879. The average molecular weight is 342 g/mol. The van der Waals surface area contributed by atoms with Gasteiger partial charge in [0.05, 0.1) is 10.6 Å². The molecule has 2 aromatic heterocycles. The number of rotatable bonds is 6. The summed E-state index contributed by atoms with van der Waals surface area (Å²) in [6.07, 6.45) is 0. The summed E-state index contributed by atoms with van der Waals surface area (Å²) >= 11 is 1.50. The third-order valence-electron chi connectivity index (χ3n) is 3.49. The molecule has 0 aliphatic rings. The highest BCUT2D eigenvalue weighted by atomic mass is 32.2. The predicted molar refractivity (Wildman–Crippen MR) is 89.8 cm³/mol. The van der Waals surface area contributed by atoms with Crippen LogP contribution < -0.4 is 4.72 Å². The highest BCUT2D eigenvalue weighted by Crippen LogP contribution is 2.24. The van der Waals surface area contributed by atoms with Crippen molar-refractivity contribution in [1.82, 2.24) is 14.5 Å². The zero-order chi connectivity index (χ0) is 16.5. The van der Waals surface area contributed by atoms with E-state index in [1.165, 1.54) is 11.3 Å². The van der Waals surface area contributed by atoms with Crippen molar-refractivity contribution in [1.29, 1.82) is 0 Å². The van der Waals surface area contributed by atoms with Crippen molar-refractivity contribution in [2.45, 2.75) is 46.1 Å². The van der Waals surface area contributed by atoms with Crippen molar-refractivity contribution < 1.29 is 8.42 Å². The molecular formula is C15H23N3O2S2. The molecule has 0 saturated carbocycles. The van der Waals surface area contributed by atoms with Crippen molar-refractivity contribution in [2.75, 3.05) is 6.54 Å². The van der Waals surface area contributed by atoms with Crippen molar-refractivity contribution in [3.63, 3.8) is 0 Å². The van der Waals surface area contributed by atoms with E-state index in [-0.39, 0.29) is 5.92 Å². The summed E-state index contributed by atoms with van der Waals surface area (Å²) in [6.45, 7) is 10.8. The molecule has 2 aromatic rings. The fraction of sp³-hybridized carbons (Fsp3) is 0.533. The van der Waals surface area contributed by atoms with Gasteiger partial charge < -0.3 is 0 Å². The summed E-state index contributed by atoms with van der Waals surface area (Å²) in [5, 5.41) is 4.41. The van der Waals surface area contributed by atoms with E-state index in [2.05, 4.69) is 9.82 Å². The topological polar surface area (TPSA) is 64.0 Å². The Kier molecular flexibility index (Phi) is 5.09. The molecule has 0 bridgehead atoms. The Bertz CT molecular complexity index is 760. The minimum absolute atomic E-state index is 0.160. The summed E-state index contributed by atoms with van der Waals surface area (Å²) in [4.78, 5) is 2.23. The van der Waals surface area contributed by atoms with Gasteiger partial charge in [-0.1, -0.05) is 6.92 Å². The molecule has 1 N–H and O–H groups in total. The van der Waals surface area contributed by atoms with E-state index >= 15 is 0 Å². The Hall–Kier alpha value is -1.18. The SMILES string of the molecule is Cc1cc(C)n(CC(C)CNS(=O)(=O)c2cc(C)sc2C)n1. The molecule has 0 amide bonds. The fourth-order valence-electron chi connectivity index (χ4n) is 2.42. The first kappa shape index (κ1) is 17.2. The van der Waals surface area contributed by atoms with Gasteiger partial charge in [-0.25, -0.2) is 13.1 Å². The van der Waals surface area contributed by atoms with E-state index in [9.17, 15) is 8.42 Å². The van der Waals surface area contributed by atoms with Gasteiger partial charge in [-0.15, -0.1) is 11.3 Å². The molecule has 1 atom stereocenters. The van der Waals surface area contributed by atoms with Crippen molar-refractivity contribution in [3.8, 4) is 0 Å². The van der Waals surface area contributed by atoms with Crippen LogP contribution in [-0.4, -0.2) is 24.7 Å². The second-order valence-corrected chi connectivity index (χ2v) is 9.04. The Morgan fingerprint density at radius 2 is 1.95 bits per heavy atom. The second kappa shape index (κ2) is 6.52. The average Bonchev–Trinajstić information content (AvgIpc) is 2.90. The number of hydrogen-bond donors (Lipinski definition) is 1. The lowest BCUT2D eigenvalue weighted by atomic mass is 10.2. The van der Waals surface area contributed by atoms with Crippen LogP contribution in [0.2, 0.25) is 0 Å². The molecule has 2 heterocycles. The summed E-state index contributed by atoms with van der Waals surface area (Å²) in [5.74, 6) is 0.160. The van der Waals surface area contributed by atoms with E-state index in [1.807, 2.05) is 45.4 Å². The zero-order valence-corrected chi connectivity index (χ0v) is 15.3. The largest absolute Gasteiger partial charge is 0.269 e. The van der Waals surface area contributed by atoms with Crippen LogP contribution >= 0.6 is 11.3 Å². The molecule has 0 aliphatic heterocycles. The first-order chi connectivity index (χ1) is 10.2. The number of hydrogen-bond acceptors (Lipinski definition) is 4. The summed E-state index contributed by atoms with van der Waals surface area (Å²) < 4.78 is 29.4. The molecule has 1 unspecified atom stereocenters. The highest BCUT2D eigenvalue weighted by Gasteiger charge is 2.20.